The lowest BCUT2D eigenvalue weighted by Crippen LogP contribution is -1.97. The van der Waals surface area contributed by atoms with E-state index in [9.17, 15) is 4.79 Å². The Kier molecular flexibility index (Phi) is 4.90. The van der Waals surface area contributed by atoms with Crippen LogP contribution in [0.15, 0.2) is 12.1 Å². The summed E-state index contributed by atoms with van der Waals surface area (Å²) in [5.41, 5.74) is 0.841. The van der Waals surface area contributed by atoms with Gasteiger partial charge in [0, 0.05) is 17.5 Å². The average molecular weight is 263 g/mol. The Hall–Kier alpha value is -0.930. The van der Waals surface area contributed by atoms with Crippen molar-refractivity contribution >= 4 is 29.2 Å². The van der Waals surface area contributed by atoms with Crippen LogP contribution in [-0.2, 0) is 11.2 Å². The van der Waals surface area contributed by atoms with E-state index in [2.05, 4.69) is 0 Å². The Morgan fingerprint density at radius 1 is 1.38 bits per heavy atom. The molecule has 0 saturated carbocycles. The van der Waals surface area contributed by atoms with Gasteiger partial charge in [0.05, 0.1) is 12.1 Å². The molecule has 5 heteroatoms. The summed E-state index contributed by atoms with van der Waals surface area (Å²) in [5.74, 6) is -0.288. The molecule has 1 rings (SSSR count). The van der Waals surface area contributed by atoms with E-state index in [1.165, 1.54) is 7.11 Å². The highest BCUT2D eigenvalue weighted by atomic mass is 35.5. The van der Waals surface area contributed by atoms with Gasteiger partial charge in [0.2, 0.25) is 0 Å². The lowest BCUT2D eigenvalue weighted by atomic mass is 10.1. The Balaban J connectivity index is 2.73. The molecule has 0 aliphatic heterocycles. The summed E-state index contributed by atoms with van der Waals surface area (Å²) in [6.07, 6.45) is 1.26. The topological polar surface area (TPSA) is 46.5 Å². The number of benzene rings is 1. The van der Waals surface area contributed by atoms with Crippen molar-refractivity contribution in [2.24, 2.45) is 0 Å². The molecule has 0 saturated heterocycles. The van der Waals surface area contributed by atoms with Gasteiger partial charge in [-0.25, -0.2) is 0 Å². The number of hydrogen-bond donors (Lipinski definition) is 1. The van der Waals surface area contributed by atoms with Gasteiger partial charge in [-0.15, -0.1) is 0 Å². The van der Waals surface area contributed by atoms with Crippen molar-refractivity contribution in [2.75, 3.05) is 7.11 Å². The first-order chi connectivity index (χ1) is 7.54. The van der Waals surface area contributed by atoms with Crippen LogP contribution in [0.4, 0.5) is 0 Å². The number of carboxylic acids is 1. The minimum atomic E-state index is -0.810. The number of methoxy groups -OCH3 is 1. The monoisotopic (exact) mass is 262 g/mol. The van der Waals surface area contributed by atoms with Crippen molar-refractivity contribution in [2.45, 2.75) is 19.3 Å². The smallest absolute Gasteiger partial charge is 0.303 e. The second-order valence-corrected chi connectivity index (χ2v) is 4.14. The summed E-state index contributed by atoms with van der Waals surface area (Å²) in [4.78, 5) is 10.4. The van der Waals surface area contributed by atoms with Crippen molar-refractivity contribution < 1.29 is 14.6 Å². The van der Waals surface area contributed by atoms with Gasteiger partial charge in [-0.1, -0.05) is 23.2 Å². The molecular formula is C11H12Cl2O3. The molecule has 0 amide bonds. The molecule has 0 fully saturated rings. The first kappa shape index (κ1) is 13.1. The molecule has 0 aromatic heterocycles. The van der Waals surface area contributed by atoms with Crippen molar-refractivity contribution in [3.05, 3.63) is 27.7 Å². The molecule has 88 valence electrons. The molecule has 1 aromatic rings. The van der Waals surface area contributed by atoms with Crippen molar-refractivity contribution in [3.63, 3.8) is 0 Å². The van der Waals surface area contributed by atoms with Crippen LogP contribution in [0.1, 0.15) is 18.4 Å². The highest BCUT2D eigenvalue weighted by Gasteiger charge is 2.08. The van der Waals surface area contributed by atoms with Crippen molar-refractivity contribution in [1.82, 2.24) is 0 Å². The second kappa shape index (κ2) is 5.97. The standard InChI is InChI=1S/C11H12Cl2O3/c1-16-10-6-8(12)7(5-9(10)13)3-2-4-11(14)15/h5-6H,2-4H2,1H3,(H,14,15). The zero-order valence-corrected chi connectivity index (χ0v) is 10.3. The van der Waals surface area contributed by atoms with Crippen molar-refractivity contribution in [1.29, 1.82) is 0 Å². The number of ether oxygens (including phenoxy) is 1. The van der Waals surface area contributed by atoms with E-state index in [1.54, 1.807) is 12.1 Å². The number of aryl methyl sites for hydroxylation is 1. The molecule has 0 aliphatic rings. The number of carboxylic acid groups (broad SMARTS) is 1. The number of carbonyl (C=O) groups is 1. The predicted molar refractivity (Wildman–Crippen MR) is 63.6 cm³/mol. The first-order valence-electron chi connectivity index (χ1n) is 4.78. The number of rotatable bonds is 5. The zero-order chi connectivity index (χ0) is 12.1. The van der Waals surface area contributed by atoms with Crippen LogP contribution in [0, 0.1) is 0 Å². The van der Waals surface area contributed by atoms with Gasteiger partial charge >= 0.3 is 5.97 Å². The molecular weight excluding hydrogens is 251 g/mol. The minimum absolute atomic E-state index is 0.125. The van der Waals surface area contributed by atoms with E-state index in [0.717, 1.165) is 5.56 Å². The Bertz CT molecular complexity index is 391. The van der Waals surface area contributed by atoms with Crippen molar-refractivity contribution in [3.8, 4) is 5.75 Å². The Morgan fingerprint density at radius 2 is 2.06 bits per heavy atom. The number of aliphatic carboxylic acids is 1. The number of halogens is 2. The Morgan fingerprint density at radius 3 is 2.62 bits per heavy atom. The number of hydrogen-bond acceptors (Lipinski definition) is 2. The molecule has 3 nitrogen and oxygen atoms in total. The lowest BCUT2D eigenvalue weighted by Gasteiger charge is -2.08. The third kappa shape index (κ3) is 3.58. The largest absolute Gasteiger partial charge is 0.495 e. The van der Waals surface area contributed by atoms with Gasteiger partial charge in [-0.05, 0) is 24.5 Å². The summed E-state index contributed by atoms with van der Waals surface area (Å²) in [6, 6.07) is 3.35. The normalized spacial score (nSPS) is 10.2. The minimum Gasteiger partial charge on any atom is -0.495 e. The molecule has 0 bridgehead atoms. The summed E-state index contributed by atoms with van der Waals surface area (Å²) in [6.45, 7) is 0. The molecule has 0 aliphatic carbocycles. The summed E-state index contributed by atoms with van der Waals surface area (Å²) in [5, 5.41) is 9.55. The Labute approximate surface area is 104 Å². The van der Waals surface area contributed by atoms with Crippen LogP contribution in [0.25, 0.3) is 0 Å². The van der Waals surface area contributed by atoms with Crippen LogP contribution < -0.4 is 4.74 Å². The first-order valence-corrected chi connectivity index (χ1v) is 5.54. The van der Waals surface area contributed by atoms with E-state index in [4.69, 9.17) is 33.0 Å². The molecule has 0 spiro atoms. The van der Waals surface area contributed by atoms with Gasteiger partial charge < -0.3 is 9.84 Å². The molecule has 0 atom stereocenters. The maximum Gasteiger partial charge on any atom is 0.303 e. The van der Waals surface area contributed by atoms with Gasteiger partial charge in [0.1, 0.15) is 5.75 Å². The summed E-state index contributed by atoms with van der Waals surface area (Å²) < 4.78 is 5.01. The van der Waals surface area contributed by atoms with Gasteiger partial charge in [-0.2, -0.15) is 0 Å². The van der Waals surface area contributed by atoms with Gasteiger partial charge in [0.25, 0.3) is 0 Å². The fourth-order valence-electron chi connectivity index (χ4n) is 1.35. The lowest BCUT2D eigenvalue weighted by molar-refractivity contribution is -0.137. The summed E-state index contributed by atoms with van der Waals surface area (Å²) in [7, 11) is 1.52. The second-order valence-electron chi connectivity index (χ2n) is 3.33. The SMILES string of the molecule is COc1cc(Cl)c(CCCC(=O)O)cc1Cl. The summed E-state index contributed by atoms with van der Waals surface area (Å²) >= 11 is 12.0. The van der Waals surface area contributed by atoms with Crippen LogP contribution in [0.5, 0.6) is 5.75 Å². The van der Waals surface area contributed by atoms with Crippen LogP contribution in [0.3, 0.4) is 0 Å². The van der Waals surface area contributed by atoms with Crippen LogP contribution >= 0.6 is 23.2 Å². The molecule has 16 heavy (non-hydrogen) atoms. The quantitative estimate of drug-likeness (QED) is 0.885. The highest BCUT2D eigenvalue weighted by Crippen LogP contribution is 2.31. The van der Waals surface area contributed by atoms with Crippen LogP contribution in [0.2, 0.25) is 10.0 Å². The highest BCUT2D eigenvalue weighted by molar-refractivity contribution is 6.34. The van der Waals surface area contributed by atoms with Gasteiger partial charge in [-0.3, -0.25) is 4.79 Å². The molecule has 1 N–H and O–H groups in total. The molecule has 0 unspecified atom stereocenters. The molecule has 1 aromatic carbocycles. The third-order valence-corrected chi connectivity index (χ3v) is 2.80. The van der Waals surface area contributed by atoms with Crippen LogP contribution in [-0.4, -0.2) is 18.2 Å². The zero-order valence-electron chi connectivity index (χ0n) is 8.80. The predicted octanol–water partition coefficient (Wildman–Crippen LogP) is 3.41. The maximum absolute atomic E-state index is 10.4. The van der Waals surface area contributed by atoms with E-state index in [1.807, 2.05) is 0 Å². The molecule has 0 heterocycles. The van der Waals surface area contributed by atoms with E-state index >= 15 is 0 Å². The maximum atomic E-state index is 10.4. The van der Waals surface area contributed by atoms with E-state index in [-0.39, 0.29) is 6.42 Å². The third-order valence-electron chi connectivity index (χ3n) is 2.16. The fraction of sp³-hybridized carbons (Fsp3) is 0.364. The fourth-order valence-corrected chi connectivity index (χ4v) is 1.86. The molecule has 0 radical (unpaired) electrons. The van der Waals surface area contributed by atoms with Gasteiger partial charge in [0.15, 0.2) is 0 Å². The average Bonchev–Trinajstić information content (AvgIpc) is 2.22. The van der Waals surface area contributed by atoms with E-state index < -0.39 is 5.97 Å². The van der Waals surface area contributed by atoms with E-state index in [0.29, 0.717) is 28.6 Å².